The van der Waals surface area contributed by atoms with E-state index in [1.54, 1.807) is 0 Å². The lowest BCUT2D eigenvalue weighted by Gasteiger charge is -2.32. The number of pyridine rings is 2. The second kappa shape index (κ2) is 10.1. The van der Waals surface area contributed by atoms with E-state index >= 15 is 0 Å². The number of rotatable bonds is 6. The van der Waals surface area contributed by atoms with Crippen LogP contribution in [0.4, 0.5) is 11.6 Å². The summed E-state index contributed by atoms with van der Waals surface area (Å²) in [6.45, 7) is 3.28. The van der Waals surface area contributed by atoms with Crippen LogP contribution < -0.4 is 15.4 Å². The molecule has 1 atom stereocenters. The molecule has 0 radical (unpaired) electrons. The molecule has 0 unspecified atom stereocenters. The van der Waals surface area contributed by atoms with Crippen LogP contribution in [0.25, 0.3) is 27.6 Å². The van der Waals surface area contributed by atoms with Gasteiger partial charge in [-0.1, -0.05) is 0 Å². The Morgan fingerprint density at radius 2 is 1.95 bits per heavy atom. The van der Waals surface area contributed by atoms with Gasteiger partial charge in [0.05, 0.1) is 28.9 Å². The Balaban J connectivity index is 0.00000264. The number of fused-ring (bicyclic) bond motifs is 2. The van der Waals surface area contributed by atoms with Crippen molar-refractivity contribution in [1.29, 1.82) is 0 Å². The zero-order valence-electron chi connectivity index (χ0n) is 20.9. The predicted molar refractivity (Wildman–Crippen MR) is 152 cm³/mol. The average molecular weight is 528 g/mol. The summed E-state index contributed by atoms with van der Waals surface area (Å²) in [6, 6.07) is 12.3. The molecule has 2 aliphatic heterocycles. The number of ether oxygens (including phenoxy) is 2. The topological polar surface area (TPSA) is 104 Å². The van der Waals surface area contributed by atoms with Gasteiger partial charge in [-0.05, 0) is 49.6 Å². The Bertz CT molecular complexity index is 1610. The van der Waals surface area contributed by atoms with Crippen molar-refractivity contribution >= 4 is 47.1 Å². The Kier molecular flexibility index (Phi) is 6.50. The molecule has 0 bridgehead atoms. The Morgan fingerprint density at radius 3 is 2.76 bits per heavy atom. The molecule has 2 saturated heterocycles. The third-order valence-electron chi connectivity index (χ3n) is 7.21. The van der Waals surface area contributed by atoms with Gasteiger partial charge in [-0.15, -0.1) is 0 Å². The molecule has 2 fully saturated rings. The van der Waals surface area contributed by atoms with Gasteiger partial charge in [0.15, 0.2) is 0 Å². The summed E-state index contributed by atoms with van der Waals surface area (Å²) in [6.07, 6.45) is 10.4. The fourth-order valence-electron chi connectivity index (χ4n) is 5.13. The molecule has 9 nitrogen and oxygen atoms in total. The maximum absolute atomic E-state index is 6.27. The summed E-state index contributed by atoms with van der Waals surface area (Å²) < 4.78 is 14.1. The summed E-state index contributed by atoms with van der Waals surface area (Å²) in [5, 5.41) is 1.94. The van der Waals surface area contributed by atoms with Crippen molar-refractivity contribution < 1.29 is 9.47 Å². The summed E-state index contributed by atoms with van der Waals surface area (Å²) in [5.41, 5.74) is 10.8. The van der Waals surface area contributed by atoms with E-state index in [2.05, 4.69) is 50.3 Å². The van der Waals surface area contributed by atoms with Crippen LogP contribution in [0, 0.1) is 0 Å². The molecule has 7 rings (SSSR count). The molecule has 38 heavy (non-hydrogen) atoms. The van der Waals surface area contributed by atoms with Crippen molar-refractivity contribution in [1.82, 2.24) is 24.5 Å². The lowest BCUT2D eigenvalue weighted by Crippen LogP contribution is -2.37. The fraction of sp³-hybridized carbons (Fsp3) is 0.286. The maximum Gasteiger partial charge on any atom is 0.150 e. The summed E-state index contributed by atoms with van der Waals surface area (Å²) in [7, 11) is 0. The van der Waals surface area contributed by atoms with Crippen molar-refractivity contribution in [2.75, 3.05) is 30.3 Å². The van der Waals surface area contributed by atoms with Crippen LogP contribution in [-0.4, -0.2) is 44.2 Å². The molecule has 5 aromatic rings. The standard InChI is InChI=1S/C28H27N7O2.H2S/c29-27-26-22(24-3-1-10-36-24)15-35(28(26)32-17-31-27)20-11-18(13-30-14-20)16-37-21-6-4-19-5-7-25(33-23(19)12-21)34-8-2-9-34;/h4-7,11-15,17,24H,1-3,8-10,16H2,(H2,29,31,32);1H2/t24-;/m0./s1. The highest BCUT2D eigenvalue weighted by Crippen LogP contribution is 2.37. The van der Waals surface area contributed by atoms with E-state index in [0.29, 0.717) is 12.4 Å². The van der Waals surface area contributed by atoms with Gasteiger partial charge >= 0.3 is 0 Å². The van der Waals surface area contributed by atoms with Crippen LogP contribution in [0.5, 0.6) is 5.75 Å². The molecule has 2 N–H and O–H groups in total. The average Bonchev–Trinajstić information content (AvgIpc) is 3.55. The number of anilines is 2. The number of hydrogen-bond acceptors (Lipinski definition) is 8. The minimum absolute atomic E-state index is 0. The second-order valence-corrected chi connectivity index (χ2v) is 9.62. The van der Waals surface area contributed by atoms with E-state index < -0.39 is 0 Å². The predicted octanol–water partition coefficient (Wildman–Crippen LogP) is 4.70. The summed E-state index contributed by atoms with van der Waals surface area (Å²) in [5.74, 6) is 2.27. The highest BCUT2D eigenvalue weighted by molar-refractivity contribution is 7.59. The smallest absolute Gasteiger partial charge is 0.150 e. The third kappa shape index (κ3) is 4.39. The fourth-order valence-corrected chi connectivity index (χ4v) is 5.13. The van der Waals surface area contributed by atoms with Crippen molar-refractivity contribution in [3.8, 4) is 11.4 Å². The van der Waals surface area contributed by atoms with Crippen molar-refractivity contribution in [2.24, 2.45) is 0 Å². The lowest BCUT2D eigenvalue weighted by molar-refractivity contribution is 0.113. The van der Waals surface area contributed by atoms with Gasteiger partial charge < -0.3 is 20.1 Å². The van der Waals surface area contributed by atoms with E-state index in [1.807, 2.05) is 29.1 Å². The lowest BCUT2D eigenvalue weighted by atomic mass is 10.1. The highest BCUT2D eigenvalue weighted by Gasteiger charge is 2.25. The molecule has 1 aromatic carbocycles. The van der Waals surface area contributed by atoms with Gasteiger partial charge in [-0.2, -0.15) is 13.5 Å². The first-order chi connectivity index (χ1) is 18.2. The van der Waals surface area contributed by atoms with E-state index in [-0.39, 0.29) is 19.6 Å². The van der Waals surface area contributed by atoms with E-state index in [1.165, 1.54) is 12.7 Å². The van der Waals surface area contributed by atoms with Crippen molar-refractivity contribution in [2.45, 2.75) is 32.0 Å². The molecule has 0 amide bonds. The maximum atomic E-state index is 6.27. The largest absolute Gasteiger partial charge is 0.489 e. The van der Waals surface area contributed by atoms with Crippen LogP contribution in [0.2, 0.25) is 0 Å². The number of nitrogens with zero attached hydrogens (tertiary/aromatic N) is 6. The normalized spacial score (nSPS) is 16.9. The molecular formula is C28H29N7O2S. The Morgan fingerprint density at radius 1 is 1.05 bits per heavy atom. The quantitative estimate of drug-likeness (QED) is 0.339. The SMILES string of the molecule is Nc1ncnc2c1c([C@@H]1CCCO1)cn2-c1cncc(COc2ccc3ccc(N4CCC4)nc3c2)c1.S. The van der Waals surface area contributed by atoms with Gasteiger partial charge in [-0.3, -0.25) is 9.55 Å². The number of nitrogen functional groups attached to an aromatic ring is 1. The number of aromatic nitrogens is 5. The van der Waals surface area contributed by atoms with Gasteiger partial charge in [-0.25, -0.2) is 15.0 Å². The van der Waals surface area contributed by atoms with E-state index in [9.17, 15) is 0 Å². The third-order valence-corrected chi connectivity index (χ3v) is 7.21. The Labute approximate surface area is 227 Å². The van der Waals surface area contributed by atoms with Crippen LogP contribution in [0.3, 0.4) is 0 Å². The van der Waals surface area contributed by atoms with Crippen LogP contribution in [-0.2, 0) is 11.3 Å². The Hall–Kier alpha value is -3.89. The highest BCUT2D eigenvalue weighted by atomic mass is 32.1. The first-order valence-electron chi connectivity index (χ1n) is 12.7. The summed E-state index contributed by atoms with van der Waals surface area (Å²) >= 11 is 0. The van der Waals surface area contributed by atoms with Crippen molar-refractivity contribution in [3.05, 3.63) is 72.4 Å². The van der Waals surface area contributed by atoms with E-state index in [4.69, 9.17) is 20.2 Å². The van der Waals surface area contributed by atoms with Gasteiger partial charge in [0.25, 0.3) is 0 Å². The molecule has 0 aliphatic carbocycles. The van der Waals surface area contributed by atoms with Gasteiger partial charge in [0.1, 0.15) is 36.0 Å². The second-order valence-electron chi connectivity index (χ2n) is 9.62. The molecule has 2 aliphatic rings. The van der Waals surface area contributed by atoms with Crippen LogP contribution in [0.15, 0.2) is 61.3 Å². The molecule has 0 spiro atoms. The first kappa shape index (κ1) is 24.4. The van der Waals surface area contributed by atoms with E-state index in [0.717, 1.165) is 82.9 Å². The minimum atomic E-state index is -0.000328. The molecular weight excluding hydrogens is 498 g/mol. The van der Waals surface area contributed by atoms with Crippen molar-refractivity contribution in [3.63, 3.8) is 0 Å². The van der Waals surface area contributed by atoms with Crippen LogP contribution >= 0.6 is 13.5 Å². The zero-order valence-corrected chi connectivity index (χ0v) is 21.9. The number of benzene rings is 1. The molecule has 194 valence electrons. The molecule has 4 aromatic heterocycles. The zero-order chi connectivity index (χ0) is 24.8. The summed E-state index contributed by atoms with van der Waals surface area (Å²) in [4.78, 5) is 20.4. The molecule has 10 heteroatoms. The van der Waals surface area contributed by atoms with Crippen LogP contribution in [0.1, 0.15) is 36.5 Å². The first-order valence-corrected chi connectivity index (χ1v) is 12.7. The van der Waals surface area contributed by atoms with Gasteiger partial charge in [0, 0.05) is 54.7 Å². The van der Waals surface area contributed by atoms with Gasteiger partial charge in [0.2, 0.25) is 0 Å². The molecule has 0 saturated carbocycles. The number of hydrogen-bond donors (Lipinski definition) is 1. The molecule has 6 heterocycles. The minimum Gasteiger partial charge on any atom is -0.489 e. The number of nitrogens with two attached hydrogens (primary N) is 1. The monoisotopic (exact) mass is 527 g/mol.